The predicted molar refractivity (Wildman–Crippen MR) is 145 cm³/mol. The van der Waals surface area contributed by atoms with E-state index in [1.165, 1.54) is 0 Å². The highest BCUT2D eigenvalue weighted by Gasteiger charge is 2.41. The van der Waals surface area contributed by atoms with Crippen molar-refractivity contribution in [2.24, 2.45) is 0 Å². The molecule has 4 rings (SSSR count). The fourth-order valence-corrected chi connectivity index (χ4v) is 4.40. The number of nitrogens with one attached hydrogen (secondary N) is 1. The Morgan fingerprint density at radius 3 is 2.46 bits per heavy atom. The second-order valence-corrected chi connectivity index (χ2v) is 10.1. The first-order chi connectivity index (χ1) is 17.5. The first-order valence-corrected chi connectivity index (χ1v) is 12.1. The van der Waals surface area contributed by atoms with Gasteiger partial charge >= 0.3 is 5.63 Å². The molecular weight excluding hydrogens is 464 g/mol. The number of nitrogens with zero attached hydrogens (tertiary/aromatic N) is 1. The van der Waals surface area contributed by atoms with Crippen molar-refractivity contribution in [3.8, 4) is 11.8 Å². The van der Waals surface area contributed by atoms with Crippen LogP contribution in [0.15, 0.2) is 76.0 Å². The Hall–Kier alpha value is -4.21. The van der Waals surface area contributed by atoms with Crippen molar-refractivity contribution < 1.29 is 14.4 Å². The van der Waals surface area contributed by atoms with Crippen LogP contribution in [0, 0.1) is 32.6 Å². The number of hydrogen-bond acceptors (Lipinski definition) is 5. The van der Waals surface area contributed by atoms with E-state index in [9.17, 15) is 14.7 Å². The highest BCUT2D eigenvalue weighted by atomic mass is 16.5. The summed E-state index contributed by atoms with van der Waals surface area (Å²) in [5.74, 6) is 5.31. The summed E-state index contributed by atoms with van der Waals surface area (Å²) in [5, 5.41) is 19.3. The molecule has 37 heavy (non-hydrogen) atoms. The first-order valence-electron chi connectivity index (χ1n) is 12.1. The van der Waals surface area contributed by atoms with E-state index >= 15 is 0 Å². The van der Waals surface area contributed by atoms with Gasteiger partial charge in [-0.1, -0.05) is 73.3 Å². The van der Waals surface area contributed by atoms with Crippen LogP contribution in [0.5, 0.6) is 0 Å². The Kier molecular flexibility index (Phi) is 7.02. The molecule has 1 unspecified atom stereocenters. The summed E-state index contributed by atoms with van der Waals surface area (Å²) in [7, 11) is 0. The number of aliphatic hydroxyl groups is 1. The zero-order valence-corrected chi connectivity index (χ0v) is 21.7. The smallest absolute Gasteiger partial charge is 0.366 e. The normalized spacial score (nSPS) is 12.9. The van der Waals surface area contributed by atoms with E-state index in [0.29, 0.717) is 22.2 Å². The molecule has 6 nitrogen and oxygen atoms in total. The average Bonchev–Trinajstić information content (AvgIpc) is 2.87. The number of carbonyl (C=O) groups excluding carboxylic acids is 1. The number of aryl methyl sites for hydroxylation is 3. The second kappa shape index (κ2) is 10.0. The monoisotopic (exact) mass is 494 g/mol. The van der Waals surface area contributed by atoms with Gasteiger partial charge in [0.25, 0.3) is 5.91 Å². The van der Waals surface area contributed by atoms with Gasteiger partial charge in [-0.2, -0.15) is 0 Å². The highest BCUT2D eigenvalue weighted by Crippen LogP contribution is 2.33. The molecule has 188 valence electrons. The molecular formula is C31H30N2O4. The van der Waals surface area contributed by atoms with Crippen LogP contribution in [0.2, 0.25) is 0 Å². The van der Waals surface area contributed by atoms with E-state index in [1.54, 1.807) is 25.1 Å². The lowest BCUT2D eigenvalue weighted by atomic mass is 9.75. The molecule has 3 aromatic carbocycles. The zero-order chi connectivity index (χ0) is 26.8. The van der Waals surface area contributed by atoms with Crippen LogP contribution in [0.1, 0.15) is 48.2 Å². The molecule has 6 heteroatoms. The summed E-state index contributed by atoms with van der Waals surface area (Å²) in [5.41, 5.74) is 1.53. The Morgan fingerprint density at radius 2 is 1.73 bits per heavy atom. The Labute approximate surface area is 216 Å². The fraction of sp³-hybridized carbons (Fsp3) is 0.258. The van der Waals surface area contributed by atoms with Gasteiger partial charge in [0, 0.05) is 23.1 Å². The topological polar surface area (TPSA) is 92.4 Å². The molecule has 1 amide bonds. The molecule has 0 saturated carbocycles. The molecule has 4 aromatic rings. The van der Waals surface area contributed by atoms with E-state index in [-0.39, 0.29) is 6.42 Å². The molecule has 1 heterocycles. The minimum Gasteiger partial charge on any atom is -0.369 e. The van der Waals surface area contributed by atoms with E-state index in [1.807, 2.05) is 76.2 Å². The quantitative estimate of drug-likeness (QED) is 0.372. The van der Waals surface area contributed by atoms with Crippen LogP contribution in [0.25, 0.3) is 10.8 Å². The maximum atomic E-state index is 13.6. The van der Waals surface area contributed by atoms with E-state index in [4.69, 9.17) is 4.52 Å². The summed E-state index contributed by atoms with van der Waals surface area (Å²) in [6, 6.07) is 20.4. The van der Waals surface area contributed by atoms with Crippen LogP contribution in [0.3, 0.4) is 0 Å². The first kappa shape index (κ1) is 25.9. The van der Waals surface area contributed by atoms with Crippen molar-refractivity contribution in [1.29, 1.82) is 0 Å². The van der Waals surface area contributed by atoms with E-state index in [0.717, 1.165) is 22.3 Å². The molecule has 1 aromatic heterocycles. The van der Waals surface area contributed by atoms with Crippen molar-refractivity contribution >= 4 is 22.4 Å². The van der Waals surface area contributed by atoms with Crippen molar-refractivity contribution in [1.82, 2.24) is 5.16 Å². The molecule has 0 saturated heterocycles. The number of amides is 1. The third-order valence-corrected chi connectivity index (χ3v) is 6.58. The number of aromatic nitrogens is 1. The molecule has 0 spiro atoms. The van der Waals surface area contributed by atoms with E-state index < -0.39 is 22.5 Å². The van der Waals surface area contributed by atoms with Gasteiger partial charge in [0.2, 0.25) is 5.60 Å². The van der Waals surface area contributed by atoms with Crippen molar-refractivity contribution in [3.63, 3.8) is 0 Å². The lowest BCUT2D eigenvalue weighted by Crippen LogP contribution is -2.46. The van der Waals surface area contributed by atoms with Gasteiger partial charge in [0.1, 0.15) is 0 Å². The molecule has 1 atom stereocenters. The van der Waals surface area contributed by atoms with Crippen molar-refractivity contribution in [2.75, 3.05) is 5.32 Å². The summed E-state index contributed by atoms with van der Waals surface area (Å²) >= 11 is 0. The molecule has 0 radical (unpaired) electrons. The molecule has 0 aliphatic carbocycles. The highest BCUT2D eigenvalue weighted by molar-refractivity contribution is 6.01. The molecule has 0 bridgehead atoms. The van der Waals surface area contributed by atoms with Gasteiger partial charge in [-0.15, -0.1) is 0 Å². The van der Waals surface area contributed by atoms with Crippen molar-refractivity contribution in [2.45, 2.75) is 52.1 Å². The number of anilines is 1. The third-order valence-electron chi connectivity index (χ3n) is 6.58. The summed E-state index contributed by atoms with van der Waals surface area (Å²) in [4.78, 5) is 25.7. The van der Waals surface area contributed by atoms with Crippen molar-refractivity contribution in [3.05, 3.63) is 105 Å². The maximum Gasteiger partial charge on any atom is 0.366 e. The van der Waals surface area contributed by atoms with Crippen LogP contribution in [-0.4, -0.2) is 21.8 Å². The van der Waals surface area contributed by atoms with Crippen LogP contribution in [-0.2, 0) is 10.2 Å². The number of hydrogen-bond donors (Lipinski definition) is 2. The fourth-order valence-electron chi connectivity index (χ4n) is 4.40. The Morgan fingerprint density at radius 1 is 1.00 bits per heavy atom. The summed E-state index contributed by atoms with van der Waals surface area (Å²) < 4.78 is 4.78. The second-order valence-electron chi connectivity index (χ2n) is 10.1. The van der Waals surface area contributed by atoms with Gasteiger partial charge < -0.3 is 14.9 Å². The molecule has 0 aliphatic rings. The average molecular weight is 495 g/mol. The summed E-state index contributed by atoms with van der Waals surface area (Å²) in [6.07, 6.45) is 0.0610. The molecule has 0 aliphatic heterocycles. The maximum absolute atomic E-state index is 13.6. The number of fused-ring (bicyclic) bond motifs is 1. The predicted octanol–water partition coefficient (Wildman–Crippen LogP) is 5.20. The zero-order valence-electron chi connectivity index (χ0n) is 21.7. The SMILES string of the molecule is Cc1ccc(C)c(C#CC(O)(CC(C)(C)c2ccccc2)C(=O)Nc2ccc3c(=O)onc(C)c3c2)c1. The van der Waals surface area contributed by atoms with Gasteiger partial charge in [-0.05, 0) is 67.1 Å². The summed E-state index contributed by atoms with van der Waals surface area (Å²) in [6.45, 7) is 9.58. The number of rotatable bonds is 5. The molecule has 2 N–H and O–H groups in total. The lowest BCUT2D eigenvalue weighted by molar-refractivity contribution is -0.130. The minimum absolute atomic E-state index is 0.0610. The Balaban J connectivity index is 1.74. The Bertz CT molecular complexity index is 1590. The van der Waals surface area contributed by atoms with E-state index in [2.05, 4.69) is 22.3 Å². The van der Waals surface area contributed by atoms with Crippen LogP contribution >= 0.6 is 0 Å². The van der Waals surface area contributed by atoms with Crippen LogP contribution < -0.4 is 10.9 Å². The lowest BCUT2D eigenvalue weighted by Gasteiger charge is -2.32. The number of carbonyl (C=O) groups is 1. The number of benzene rings is 3. The van der Waals surface area contributed by atoms with Crippen LogP contribution in [0.4, 0.5) is 5.69 Å². The van der Waals surface area contributed by atoms with Gasteiger partial charge in [0.05, 0.1) is 11.1 Å². The minimum atomic E-state index is -2.01. The van der Waals surface area contributed by atoms with Gasteiger partial charge in [-0.3, -0.25) is 4.79 Å². The van der Waals surface area contributed by atoms with Gasteiger partial charge in [-0.25, -0.2) is 4.79 Å². The third kappa shape index (κ3) is 5.63. The van der Waals surface area contributed by atoms with Gasteiger partial charge in [0.15, 0.2) is 0 Å². The molecule has 0 fully saturated rings. The standard InChI is InChI=1S/C31H30N2O4/c1-20-11-12-21(2)23(17-20)15-16-31(36,19-30(4,5)24-9-7-6-8-10-24)29(35)32-25-13-14-26-27(18-25)22(3)33-37-28(26)34/h6-14,17-18,36H,19H2,1-5H3,(H,32,35). The largest absolute Gasteiger partial charge is 0.369 e.